The molecule has 0 radical (unpaired) electrons. The summed E-state index contributed by atoms with van der Waals surface area (Å²) in [5, 5.41) is 9.82. The second kappa shape index (κ2) is 3.29. The maximum absolute atomic E-state index is 11.9. The molecule has 1 saturated heterocycles. The number of fused-ring (bicyclic) bond motifs is 1. The minimum absolute atomic E-state index is 0.0519. The van der Waals surface area contributed by atoms with E-state index in [-0.39, 0.29) is 18.1 Å². The first-order valence-corrected chi connectivity index (χ1v) is 5.84. The van der Waals surface area contributed by atoms with Gasteiger partial charge in [-0.1, -0.05) is 13.3 Å². The molecule has 1 aliphatic heterocycles. The van der Waals surface area contributed by atoms with E-state index in [1.54, 1.807) is 13.8 Å². The third kappa shape index (κ3) is 1.03. The predicted molar refractivity (Wildman–Crippen MR) is 56.6 cm³/mol. The molecule has 0 aromatic rings. The van der Waals surface area contributed by atoms with E-state index in [0.717, 1.165) is 12.8 Å². The zero-order chi connectivity index (χ0) is 12.1. The number of aliphatic hydroxyl groups is 1. The van der Waals surface area contributed by atoms with Crippen LogP contribution < -0.4 is 0 Å². The number of ether oxygens (including phenoxy) is 1. The molecular weight excluding hydrogens is 208 g/mol. The van der Waals surface area contributed by atoms with Crippen LogP contribution >= 0.6 is 0 Å². The van der Waals surface area contributed by atoms with Crippen LogP contribution in [0.5, 0.6) is 0 Å². The zero-order valence-electron chi connectivity index (χ0n) is 9.95. The Morgan fingerprint density at radius 3 is 2.56 bits per heavy atom. The lowest BCUT2D eigenvalue weighted by molar-refractivity contribution is -0.257. The van der Waals surface area contributed by atoms with Crippen molar-refractivity contribution < 1.29 is 19.4 Å². The van der Waals surface area contributed by atoms with Gasteiger partial charge in [0, 0.05) is 6.42 Å². The number of carbonyl (C=O) groups is 2. The number of ketones is 1. The monoisotopic (exact) mass is 226 g/mol. The first kappa shape index (κ1) is 11.6. The summed E-state index contributed by atoms with van der Waals surface area (Å²) in [5.74, 6) is -0.613. The molecular formula is C12H18O4. The molecule has 2 rings (SSSR count). The molecule has 0 aromatic carbocycles. The van der Waals surface area contributed by atoms with Crippen molar-refractivity contribution >= 4 is 11.8 Å². The Bertz CT molecular complexity index is 349. The molecule has 90 valence electrons. The number of rotatable bonds is 3. The summed E-state index contributed by atoms with van der Waals surface area (Å²) in [6, 6.07) is 0. The lowest BCUT2D eigenvalue weighted by Crippen LogP contribution is -2.68. The SMILES string of the molecule is CCC[C@H]1C(=O)CC2([C@H](C)O)C(=O)O[C@@]12C. The molecule has 1 N–H and O–H groups in total. The maximum Gasteiger partial charge on any atom is 0.319 e. The molecule has 0 amide bonds. The Balaban J connectivity index is 2.39. The van der Waals surface area contributed by atoms with Gasteiger partial charge in [0.2, 0.25) is 0 Å². The van der Waals surface area contributed by atoms with Crippen LogP contribution in [0.3, 0.4) is 0 Å². The standard InChI is InChI=1S/C12H18O4/c1-4-5-8-9(14)6-12(7(2)13)10(15)16-11(8,12)3/h7-8,13H,4-6H2,1-3H3/t7-,8-,11-,12?/m0/s1. The van der Waals surface area contributed by atoms with E-state index in [0.29, 0.717) is 0 Å². The van der Waals surface area contributed by atoms with Gasteiger partial charge in [0.05, 0.1) is 12.0 Å². The van der Waals surface area contributed by atoms with Gasteiger partial charge in [0.25, 0.3) is 0 Å². The fourth-order valence-corrected chi connectivity index (χ4v) is 3.32. The molecule has 1 saturated carbocycles. The van der Waals surface area contributed by atoms with Gasteiger partial charge in [-0.25, -0.2) is 0 Å². The second-order valence-corrected chi connectivity index (χ2v) is 5.13. The summed E-state index contributed by atoms with van der Waals surface area (Å²) in [5.41, 5.74) is -1.77. The Hall–Kier alpha value is -0.900. The van der Waals surface area contributed by atoms with E-state index in [4.69, 9.17) is 4.74 Å². The van der Waals surface area contributed by atoms with Crippen LogP contribution in [0.2, 0.25) is 0 Å². The first-order valence-electron chi connectivity index (χ1n) is 5.84. The molecule has 4 nitrogen and oxygen atoms in total. The van der Waals surface area contributed by atoms with Gasteiger partial charge in [-0.2, -0.15) is 0 Å². The van der Waals surface area contributed by atoms with E-state index in [1.165, 1.54) is 0 Å². The third-order valence-electron chi connectivity index (χ3n) is 4.35. The smallest absolute Gasteiger partial charge is 0.319 e. The Labute approximate surface area is 95.0 Å². The van der Waals surface area contributed by atoms with Gasteiger partial charge in [-0.05, 0) is 20.3 Å². The Morgan fingerprint density at radius 1 is 1.56 bits per heavy atom. The topological polar surface area (TPSA) is 63.6 Å². The number of Topliss-reactive ketones (excluding diaryl/α,β-unsaturated/α-hetero) is 1. The summed E-state index contributed by atoms with van der Waals surface area (Å²) in [6.07, 6.45) is 0.894. The van der Waals surface area contributed by atoms with Crippen LogP contribution in [0.15, 0.2) is 0 Å². The fourth-order valence-electron chi connectivity index (χ4n) is 3.32. The van der Waals surface area contributed by atoms with Crippen molar-refractivity contribution in [3.8, 4) is 0 Å². The van der Waals surface area contributed by atoms with Gasteiger partial charge >= 0.3 is 5.97 Å². The van der Waals surface area contributed by atoms with E-state index in [1.807, 2.05) is 6.92 Å². The van der Waals surface area contributed by atoms with Gasteiger partial charge in [0.1, 0.15) is 16.8 Å². The van der Waals surface area contributed by atoms with Crippen molar-refractivity contribution in [2.24, 2.45) is 11.3 Å². The third-order valence-corrected chi connectivity index (χ3v) is 4.35. The minimum Gasteiger partial charge on any atom is -0.457 e. The number of aliphatic hydroxyl groups excluding tert-OH is 1. The van der Waals surface area contributed by atoms with Gasteiger partial charge in [-0.15, -0.1) is 0 Å². The molecule has 2 fully saturated rings. The van der Waals surface area contributed by atoms with Crippen molar-refractivity contribution in [2.45, 2.75) is 51.7 Å². The highest BCUT2D eigenvalue weighted by Crippen LogP contribution is 2.61. The zero-order valence-corrected chi connectivity index (χ0v) is 9.95. The molecule has 1 heterocycles. The maximum atomic E-state index is 11.9. The Morgan fingerprint density at radius 2 is 2.19 bits per heavy atom. The molecule has 1 unspecified atom stereocenters. The average Bonchev–Trinajstić information content (AvgIpc) is 2.36. The average molecular weight is 226 g/mol. The van der Waals surface area contributed by atoms with Crippen LogP contribution in [-0.4, -0.2) is 28.6 Å². The van der Waals surface area contributed by atoms with Gasteiger partial charge in [-0.3, -0.25) is 9.59 Å². The number of hydrogen-bond acceptors (Lipinski definition) is 4. The highest BCUT2D eigenvalue weighted by atomic mass is 16.6. The molecule has 0 spiro atoms. The normalized spacial score (nSPS) is 43.6. The van der Waals surface area contributed by atoms with Crippen LogP contribution in [0.1, 0.15) is 40.0 Å². The number of carbonyl (C=O) groups excluding carboxylic acids is 2. The van der Waals surface area contributed by atoms with Gasteiger partial charge < -0.3 is 9.84 Å². The second-order valence-electron chi connectivity index (χ2n) is 5.13. The van der Waals surface area contributed by atoms with Crippen LogP contribution in [0.25, 0.3) is 0 Å². The molecule has 4 atom stereocenters. The van der Waals surface area contributed by atoms with Crippen LogP contribution in [0, 0.1) is 11.3 Å². The van der Waals surface area contributed by atoms with Crippen LogP contribution in [-0.2, 0) is 14.3 Å². The summed E-state index contributed by atoms with van der Waals surface area (Å²) in [7, 11) is 0. The highest BCUT2D eigenvalue weighted by Gasteiger charge is 2.77. The summed E-state index contributed by atoms with van der Waals surface area (Å²) >= 11 is 0. The number of esters is 1. The van der Waals surface area contributed by atoms with Crippen molar-refractivity contribution in [1.29, 1.82) is 0 Å². The molecule has 1 aliphatic carbocycles. The summed E-state index contributed by atoms with van der Waals surface area (Å²) in [6.45, 7) is 5.35. The lowest BCUT2D eigenvalue weighted by atomic mass is 9.64. The molecule has 16 heavy (non-hydrogen) atoms. The van der Waals surface area contributed by atoms with E-state index in [2.05, 4.69) is 0 Å². The number of hydrogen-bond donors (Lipinski definition) is 1. The Kier molecular flexibility index (Phi) is 2.38. The van der Waals surface area contributed by atoms with Crippen molar-refractivity contribution in [1.82, 2.24) is 0 Å². The summed E-state index contributed by atoms with van der Waals surface area (Å²) < 4.78 is 5.23. The van der Waals surface area contributed by atoms with Crippen LogP contribution in [0.4, 0.5) is 0 Å². The first-order chi connectivity index (χ1) is 7.40. The molecule has 0 aromatic heterocycles. The quantitative estimate of drug-likeness (QED) is 0.731. The molecule has 2 aliphatic rings. The fraction of sp³-hybridized carbons (Fsp3) is 0.833. The van der Waals surface area contributed by atoms with Crippen molar-refractivity contribution in [2.75, 3.05) is 0 Å². The largest absolute Gasteiger partial charge is 0.457 e. The van der Waals surface area contributed by atoms with Crippen molar-refractivity contribution in [3.63, 3.8) is 0 Å². The predicted octanol–water partition coefficient (Wildman–Crippen LogP) is 1.06. The van der Waals surface area contributed by atoms with E-state index >= 15 is 0 Å². The molecule has 0 bridgehead atoms. The van der Waals surface area contributed by atoms with E-state index in [9.17, 15) is 14.7 Å². The highest BCUT2D eigenvalue weighted by molar-refractivity contribution is 6.00. The summed E-state index contributed by atoms with van der Waals surface area (Å²) in [4.78, 5) is 23.6. The minimum atomic E-state index is -0.982. The molecule has 4 heteroatoms. The van der Waals surface area contributed by atoms with Gasteiger partial charge in [0.15, 0.2) is 0 Å². The van der Waals surface area contributed by atoms with E-state index < -0.39 is 23.1 Å². The lowest BCUT2D eigenvalue weighted by Gasteiger charge is -2.53. The van der Waals surface area contributed by atoms with Crippen molar-refractivity contribution in [3.05, 3.63) is 0 Å².